The Morgan fingerprint density at radius 3 is 2.60 bits per heavy atom. The van der Waals surface area contributed by atoms with Crippen molar-refractivity contribution in [2.24, 2.45) is 4.99 Å². The van der Waals surface area contributed by atoms with Gasteiger partial charge in [-0.1, -0.05) is 0 Å². The topological polar surface area (TPSA) is 41.9 Å². The minimum absolute atomic E-state index is 0. The molecule has 0 bridgehead atoms. The summed E-state index contributed by atoms with van der Waals surface area (Å²) >= 11 is 3.11. The molecule has 1 aromatic rings. The van der Waals surface area contributed by atoms with Gasteiger partial charge < -0.3 is 17.0 Å². The number of aromatic nitrogens is 1. The van der Waals surface area contributed by atoms with Crippen molar-refractivity contribution in [3.63, 3.8) is 0 Å². The number of hydrogen-bond acceptors (Lipinski definition) is 2. The van der Waals surface area contributed by atoms with Gasteiger partial charge in [-0.3, -0.25) is 0 Å². The molecule has 0 spiro atoms. The third-order valence-corrected chi connectivity index (χ3v) is 2.10. The number of fused-ring (bicyclic) bond motifs is 1. The Balaban J connectivity index is 0.00000112. The van der Waals surface area contributed by atoms with Gasteiger partial charge in [-0.05, 0) is 22.0 Å². The maximum Gasteiger partial charge on any atom is 0.487 e. The number of amidine groups is 1. The number of pyridine rings is 1. The van der Waals surface area contributed by atoms with Crippen molar-refractivity contribution in [1.82, 2.24) is 4.98 Å². The molecule has 0 fully saturated rings. The van der Waals surface area contributed by atoms with Crippen LogP contribution in [0.2, 0.25) is 0 Å². The predicted molar refractivity (Wildman–Crippen MR) is 46.7 cm³/mol. The van der Waals surface area contributed by atoms with Crippen molar-refractivity contribution in [2.75, 3.05) is 0 Å². The highest BCUT2D eigenvalue weighted by atomic mass is 79.9. The summed E-state index contributed by atoms with van der Waals surface area (Å²) in [7, 11) is 0. The number of nitrogens with two attached hydrogens (primary N) is 1. The molecule has 0 atom stereocenters. The first kappa shape index (κ1) is 12.6. The van der Waals surface area contributed by atoms with E-state index >= 15 is 0 Å². The summed E-state index contributed by atoms with van der Waals surface area (Å²) in [5, 5.41) is 0.932. The highest BCUT2D eigenvalue weighted by molar-refractivity contribution is 9.10. The molecule has 8 heteroatoms. The van der Waals surface area contributed by atoms with Crippen LogP contribution in [0, 0.1) is 0 Å². The third kappa shape index (κ3) is 2.56. The molecule has 2 heterocycles. The lowest BCUT2D eigenvalue weighted by molar-refractivity contribution is -0.461. The van der Waals surface area contributed by atoms with E-state index in [4.69, 9.17) is 0 Å². The van der Waals surface area contributed by atoms with Gasteiger partial charge in [0, 0.05) is 10.7 Å². The van der Waals surface area contributed by atoms with Crippen molar-refractivity contribution in [3.8, 4) is 0 Å². The molecule has 2 rings (SSSR count). The number of nitrogens with zero attached hydrogens (tertiary/aromatic N) is 2. The summed E-state index contributed by atoms with van der Waals surface area (Å²) in [4.78, 5) is 7.23. The molecule has 0 aliphatic carbocycles. The summed E-state index contributed by atoms with van der Waals surface area (Å²) < 4.78 is 37.3. The highest BCUT2D eigenvalue weighted by Crippen LogP contribution is 2.28. The molecule has 1 aliphatic rings. The number of rotatable bonds is 0. The number of halogens is 5. The van der Waals surface area contributed by atoms with Gasteiger partial charge in [0.2, 0.25) is 0 Å². The van der Waals surface area contributed by atoms with Crippen molar-refractivity contribution in [1.29, 1.82) is 0 Å². The van der Waals surface area contributed by atoms with Crippen LogP contribution >= 0.6 is 15.9 Å². The Hall–Kier alpha value is -0.470. The van der Waals surface area contributed by atoms with Crippen LogP contribution in [0.4, 0.5) is 24.7 Å². The minimum atomic E-state index is -4.41. The van der Waals surface area contributed by atoms with E-state index in [0.29, 0.717) is 4.47 Å². The highest BCUT2D eigenvalue weighted by Gasteiger charge is 2.44. The molecular formula is C7H4Br2F3N3. The Morgan fingerprint density at radius 1 is 1.33 bits per heavy atom. The van der Waals surface area contributed by atoms with Crippen LogP contribution < -0.4 is 22.3 Å². The zero-order chi connectivity index (χ0) is 10.3. The van der Waals surface area contributed by atoms with Crippen LogP contribution in [0.1, 0.15) is 0 Å². The molecule has 0 radical (unpaired) electrons. The van der Waals surface area contributed by atoms with Gasteiger partial charge in [0.05, 0.1) is 0 Å². The quantitative estimate of drug-likeness (QED) is 0.620. The molecule has 0 aromatic carbocycles. The fourth-order valence-corrected chi connectivity index (χ4v) is 1.40. The van der Waals surface area contributed by atoms with E-state index in [-0.39, 0.29) is 28.5 Å². The number of aliphatic imine (C=N–C) groups is 1. The van der Waals surface area contributed by atoms with E-state index in [0.717, 1.165) is 5.32 Å². The number of hydrogen-bond donors (Lipinski definition) is 1. The summed E-state index contributed by atoms with van der Waals surface area (Å²) in [6, 6.07) is 1.50. The molecule has 0 amide bonds. The summed E-state index contributed by atoms with van der Waals surface area (Å²) in [5.74, 6) is -0.654. The van der Waals surface area contributed by atoms with Crippen LogP contribution in [0.5, 0.6) is 0 Å². The van der Waals surface area contributed by atoms with Gasteiger partial charge in [-0.25, -0.2) is 10.3 Å². The smallest absolute Gasteiger partial charge is 0.487 e. The second kappa shape index (κ2) is 4.18. The van der Waals surface area contributed by atoms with E-state index in [1.165, 1.54) is 12.3 Å². The van der Waals surface area contributed by atoms with Crippen LogP contribution in [0.25, 0.3) is 0 Å². The summed E-state index contributed by atoms with van der Waals surface area (Å²) in [6.07, 6.45) is -2.97. The molecule has 0 saturated carbocycles. The Kier molecular flexibility index (Phi) is 3.51. The van der Waals surface area contributed by atoms with E-state index in [1.807, 2.05) is 0 Å². The third-order valence-electron chi connectivity index (χ3n) is 1.67. The lowest BCUT2D eigenvalue weighted by Gasteiger charge is -1.99. The van der Waals surface area contributed by atoms with Gasteiger partial charge in [-0.15, -0.1) is 0 Å². The molecule has 15 heavy (non-hydrogen) atoms. The molecule has 3 nitrogen and oxygen atoms in total. The summed E-state index contributed by atoms with van der Waals surface area (Å²) in [5.41, 5.74) is 0.242. The first-order chi connectivity index (χ1) is 6.47. The zero-order valence-electron chi connectivity index (χ0n) is 7.02. The van der Waals surface area contributed by atoms with E-state index in [9.17, 15) is 13.2 Å². The largest absolute Gasteiger partial charge is 1.00 e. The van der Waals surface area contributed by atoms with Crippen LogP contribution in [0.3, 0.4) is 0 Å². The van der Waals surface area contributed by atoms with Crippen molar-refractivity contribution < 1.29 is 35.5 Å². The van der Waals surface area contributed by atoms with Gasteiger partial charge in [0.15, 0.2) is 5.69 Å². The zero-order valence-corrected chi connectivity index (χ0v) is 10.2. The maximum absolute atomic E-state index is 12.2. The second-order valence-electron chi connectivity index (χ2n) is 2.70. The normalized spacial score (nSPS) is 14.3. The molecule has 82 valence electrons. The Labute approximate surface area is 102 Å². The van der Waals surface area contributed by atoms with Gasteiger partial charge in [0.1, 0.15) is 0 Å². The molecule has 1 aliphatic heterocycles. The van der Waals surface area contributed by atoms with E-state index in [1.54, 1.807) is 0 Å². The minimum Gasteiger partial charge on any atom is -1.00 e. The lowest BCUT2D eigenvalue weighted by atomic mass is 10.4. The van der Waals surface area contributed by atoms with Crippen LogP contribution in [0.15, 0.2) is 21.7 Å². The fraction of sp³-hybridized carbons (Fsp3) is 0.143. The monoisotopic (exact) mass is 345 g/mol. The SMILES string of the molecule is FC(F)(F)C1=Nc2cc(Br)cnc2[NH2+]1.[Br-]. The lowest BCUT2D eigenvalue weighted by Crippen LogP contribution is -3.00. The maximum atomic E-state index is 12.2. The van der Waals surface area contributed by atoms with Crippen molar-refractivity contribution >= 4 is 33.3 Å². The summed E-state index contributed by atoms with van der Waals surface area (Å²) in [6.45, 7) is 0. The van der Waals surface area contributed by atoms with Gasteiger partial charge in [0.25, 0.3) is 5.82 Å². The van der Waals surface area contributed by atoms with E-state index in [2.05, 4.69) is 25.9 Å². The molecule has 0 unspecified atom stereocenters. The number of quaternary nitrogens is 1. The van der Waals surface area contributed by atoms with E-state index < -0.39 is 12.0 Å². The Bertz CT molecular complexity index is 416. The van der Waals surface area contributed by atoms with Crippen LogP contribution in [-0.4, -0.2) is 17.0 Å². The first-order valence-corrected chi connectivity index (χ1v) is 4.42. The van der Waals surface area contributed by atoms with Crippen molar-refractivity contribution in [3.05, 3.63) is 16.7 Å². The standard InChI is InChI=1S/C7H3BrF3N3.BrH/c8-3-1-4-5(12-2-3)14-6(13-4)7(9,10)11;/h1-2H,(H,12,13,14);1H. The average molecular weight is 347 g/mol. The average Bonchev–Trinajstić information content (AvgIpc) is 2.45. The molecule has 0 saturated heterocycles. The predicted octanol–water partition coefficient (Wildman–Crippen LogP) is -1.35. The Morgan fingerprint density at radius 2 is 2.00 bits per heavy atom. The second-order valence-corrected chi connectivity index (χ2v) is 3.61. The fourth-order valence-electron chi connectivity index (χ4n) is 1.08. The van der Waals surface area contributed by atoms with Crippen LogP contribution in [-0.2, 0) is 0 Å². The molecule has 2 N–H and O–H groups in total. The first-order valence-electron chi connectivity index (χ1n) is 3.63. The van der Waals surface area contributed by atoms with Crippen molar-refractivity contribution in [2.45, 2.75) is 6.18 Å². The van der Waals surface area contributed by atoms with Gasteiger partial charge >= 0.3 is 12.0 Å². The van der Waals surface area contributed by atoms with Gasteiger partial charge in [-0.2, -0.15) is 18.2 Å². The molecule has 1 aromatic heterocycles. The number of alkyl halides is 3. The molecular weight excluding hydrogens is 343 g/mol.